The van der Waals surface area contributed by atoms with Gasteiger partial charge >= 0.3 is 0 Å². The lowest BCUT2D eigenvalue weighted by atomic mass is 9.80. The molecule has 0 heterocycles. The Kier molecular flexibility index (Phi) is 18.7. The van der Waals surface area contributed by atoms with Gasteiger partial charge < -0.3 is 4.90 Å². The maximum absolute atomic E-state index is 2.49. The van der Waals surface area contributed by atoms with E-state index in [-0.39, 0.29) is 5.41 Å². The zero-order valence-electron chi connectivity index (χ0n) is 43.3. The predicted octanol–water partition coefficient (Wildman–Crippen LogP) is 19.9. The molecular formula is C66H77N. The molecule has 1 aliphatic carbocycles. The standard InChI is InChI=1S/C46H45N.2C8H10.2C2H6/c1-7-9-17-33-18-13-14-21-38(33)37-27-25-36(28-32(37)4)47(35-19-11-10-12-20-35)44-30-43-45(40-23-16-15-22-39(40)44)41-26-24-34(31(3)8-2)29-42(41)46(43,5)6;1-7-3-5-8(2)6-4-7;1-7-4-3-5-8(2)6-7;2*1-2/h7,9-16,18-31H,8,17H2,1-6H3;2*3-6H,1-2H3;2*1-2H3/b9-7+;;;;. The van der Waals surface area contributed by atoms with Gasteiger partial charge in [-0.2, -0.15) is 0 Å². The lowest BCUT2D eigenvalue weighted by Gasteiger charge is -2.30. The van der Waals surface area contributed by atoms with Crippen molar-refractivity contribution in [2.24, 2.45) is 0 Å². The third kappa shape index (κ3) is 12.1. The molecule has 0 saturated heterocycles. The number of allylic oxidation sites excluding steroid dienone is 2. The molecule has 1 heteroatoms. The number of benzene rings is 8. The number of hydrogen-bond acceptors (Lipinski definition) is 1. The van der Waals surface area contributed by atoms with E-state index in [0.717, 1.165) is 18.5 Å². The summed E-state index contributed by atoms with van der Waals surface area (Å²) >= 11 is 0. The van der Waals surface area contributed by atoms with Gasteiger partial charge in [-0.05, 0) is 146 Å². The number of hydrogen-bond donors (Lipinski definition) is 0. The fraction of sp³-hybridized carbons (Fsp3) is 0.273. The van der Waals surface area contributed by atoms with Crippen LogP contribution in [0, 0.1) is 34.6 Å². The van der Waals surface area contributed by atoms with Crippen molar-refractivity contribution in [3.05, 3.63) is 232 Å². The monoisotopic (exact) mass is 884 g/mol. The van der Waals surface area contributed by atoms with E-state index in [2.05, 4.69) is 256 Å². The van der Waals surface area contributed by atoms with Crippen molar-refractivity contribution in [3.8, 4) is 22.3 Å². The van der Waals surface area contributed by atoms with Crippen LogP contribution in [0.3, 0.4) is 0 Å². The third-order valence-corrected chi connectivity index (χ3v) is 12.9. The fourth-order valence-corrected chi connectivity index (χ4v) is 9.05. The molecule has 67 heavy (non-hydrogen) atoms. The Morgan fingerprint density at radius 1 is 0.507 bits per heavy atom. The highest BCUT2D eigenvalue weighted by Crippen LogP contribution is 2.55. The highest BCUT2D eigenvalue weighted by Gasteiger charge is 2.38. The number of nitrogens with zero attached hydrogens (tertiary/aromatic N) is 1. The Hall–Kier alpha value is -6.44. The van der Waals surface area contributed by atoms with Crippen LogP contribution in [0.4, 0.5) is 17.1 Å². The number of aryl methyl sites for hydroxylation is 5. The molecule has 8 aromatic rings. The van der Waals surface area contributed by atoms with Crippen LogP contribution >= 0.6 is 0 Å². The van der Waals surface area contributed by atoms with Crippen LogP contribution in [-0.4, -0.2) is 0 Å². The SMILES string of the molecule is C/C=C/Cc1ccccc1-c1ccc(N(c2ccccc2)c2cc3c(c4ccccc24)-c2ccc(C(C)CC)cc2C3(C)C)cc1C.CC.CC.Cc1ccc(C)cc1.Cc1cccc(C)c1. The number of para-hydroxylation sites is 1. The van der Waals surface area contributed by atoms with E-state index < -0.39 is 0 Å². The van der Waals surface area contributed by atoms with Crippen molar-refractivity contribution < 1.29 is 0 Å². The van der Waals surface area contributed by atoms with Gasteiger partial charge in [-0.25, -0.2) is 0 Å². The topological polar surface area (TPSA) is 3.24 Å². The molecular weight excluding hydrogens is 807 g/mol. The summed E-state index contributed by atoms with van der Waals surface area (Å²) in [6.07, 6.45) is 6.45. The highest BCUT2D eigenvalue weighted by molar-refractivity contribution is 6.10. The molecule has 0 amide bonds. The molecule has 1 nitrogen and oxygen atoms in total. The highest BCUT2D eigenvalue weighted by atomic mass is 15.1. The van der Waals surface area contributed by atoms with Gasteiger partial charge in [-0.3, -0.25) is 0 Å². The van der Waals surface area contributed by atoms with E-state index in [1.165, 1.54) is 94.5 Å². The molecule has 0 saturated carbocycles. The van der Waals surface area contributed by atoms with Crippen molar-refractivity contribution in [2.45, 2.75) is 121 Å². The summed E-state index contributed by atoms with van der Waals surface area (Å²) in [5.41, 5.74) is 21.0. The number of rotatable bonds is 8. The molecule has 0 radical (unpaired) electrons. The second kappa shape index (κ2) is 24.4. The molecule has 346 valence electrons. The normalized spacial score (nSPS) is 12.1. The first-order chi connectivity index (χ1) is 32.4. The average Bonchev–Trinajstić information content (AvgIpc) is 3.58. The van der Waals surface area contributed by atoms with Gasteiger partial charge in [-0.1, -0.05) is 229 Å². The van der Waals surface area contributed by atoms with Crippen LogP contribution in [0.25, 0.3) is 33.0 Å². The number of anilines is 3. The van der Waals surface area contributed by atoms with Gasteiger partial charge in [0.15, 0.2) is 0 Å². The first-order valence-corrected chi connectivity index (χ1v) is 24.8. The van der Waals surface area contributed by atoms with Crippen LogP contribution in [0.5, 0.6) is 0 Å². The van der Waals surface area contributed by atoms with Gasteiger partial charge in [0.2, 0.25) is 0 Å². The maximum atomic E-state index is 2.49. The molecule has 0 N–H and O–H groups in total. The largest absolute Gasteiger partial charge is 0.310 e. The fourth-order valence-electron chi connectivity index (χ4n) is 9.05. The van der Waals surface area contributed by atoms with Gasteiger partial charge in [-0.15, -0.1) is 0 Å². The van der Waals surface area contributed by atoms with Crippen LogP contribution in [-0.2, 0) is 11.8 Å². The third-order valence-electron chi connectivity index (χ3n) is 12.9. The van der Waals surface area contributed by atoms with E-state index in [1.807, 2.05) is 27.7 Å². The summed E-state index contributed by atoms with van der Waals surface area (Å²) in [6, 6.07) is 62.3. The Labute approximate surface area is 406 Å². The molecule has 0 aromatic heterocycles. The van der Waals surface area contributed by atoms with E-state index >= 15 is 0 Å². The van der Waals surface area contributed by atoms with Crippen LogP contribution < -0.4 is 4.90 Å². The van der Waals surface area contributed by atoms with Gasteiger partial charge in [0.25, 0.3) is 0 Å². The van der Waals surface area contributed by atoms with Crippen LogP contribution in [0.15, 0.2) is 182 Å². The van der Waals surface area contributed by atoms with E-state index in [0.29, 0.717) is 5.92 Å². The molecule has 0 aliphatic heterocycles. The Morgan fingerprint density at radius 2 is 1.09 bits per heavy atom. The number of fused-ring (bicyclic) bond motifs is 5. The van der Waals surface area contributed by atoms with E-state index in [4.69, 9.17) is 0 Å². The summed E-state index contributed by atoms with van der Waals surface area (Å²) in [5, 5.41) is 2.58. The first-order valence-electron chi connectivity index (χ1n) is 24.8. The quantitative estimate of drug-likeness (QED) is 0.137. The minimum atomic E-state index is -0.119. The van der Waals surface area contributed by atoms with Crippen LogP contribution in [0.2, 0.25) is 0 Å². The summed E-state index contributed by atoms with van der Waals surface area (Å²) in [7, 11) is 0. The van der Waals surface area contributed by atoms with Crippen molar-refractivity contribution in [1.82, 2.24) is 0 Å². The lowest BCUT2D eigenvalue weighted by Crippen LogP contribution is -2.17. The predicted molar refractivity (Wildman–Crippen MR) is 298 cm³/mol. The average molecular weight is 884 g/mol. The van der Waals surface area contributed by atoms with Crippen molar-refractivity contribution in [3.63, 3.8) is 0 Å². The summed E-state index contributed by atoms with van der Waals surface area (Å²) < 4.78 is 0. The summed E-state index contributed by atoms with van der Waals surface area (Å²) in [4.78, 5) is 2.47. The minimum absolute atomic E-state index is 0.119. The molecule has 0 bridgehead atoms. The molecule has 1 aliphatic rings. The van der Waals surface area contributed by atoms with Gasteiger partial charge in [0, 0.05) is 22.2 Å². The molecule has 1 unspecified atom stereocenters. The van der Waals surface area contributed by atoms with Crippen molar-refractivity contribution >= 4 is 27.8 Å². The molecule has 1 atom stereocenters. The van der Waals surface area contributed by atoms with E-state index in [9.17, 15) is 0 Å². The molecule has 0 fully saturated rings. The van der Waals surface area contributed by atoms with Gasteiger partial charge in [0.05, 0.1) is 5.69 Å². The smallest absolute Gasteiger partial charge is 0.0543 e. The van der Waals surface area contributed by atoms with E-state index in [1.54, 1.807) is 0 Å². The van der Waals surface area contributed by atoms with Gasteiger partial charge in [0.1, 0.15) is 0 Å². The zero-order chi connectivity index (χ0) is 48.7. The van der Waals surface area contributed by atoms with Crippen LogP contribution in [0.1, 0.15) is 125 Å². The summed E-state index contributed by atoms with van der Waals surface area (Å²) in [5.74, 6) is 0.543. The second-order valence-corrected chi connectivity index (χ2v) is 18.0. The Balaban J connectivity index is 0.000000349. The molecule has 9 rings (SSSR count). The minimum Gasteiger partial charge on any atom is -0.310 e. The Bertz CT molecular complexity index is 2800. The first kappa shape index (κ1) is 51.5. The lowest BCUT2D eigenvalue weighted by molar-refractivity contribution is 0.655. The zero-order valence-corrected chi connectivity index (χ0v) is 43.3. The molecule has 8 aromatic carbocycles. The Morgan fingerprint density at radius 3 is 1.67 bits per heavy atom. The summed E-state index contributed by atoms with van der Waals surface area (Å²) in [6.45, 7) is 30.2. The van der Waals surface area contributed by atoms with Crippen molar-refractivity contribution in [1.29, 1.82) is 0 Å². The maximum Gasteiger partial charge on any atom is 0.0543 e. The van der Waals surface area contributed by atoms with Crippen molar-refractivity contribution in [2.75, 3.05) is 4.90 Å². The second-order valence-electron chi connectivity index (χ2n) is 18.0. The molecule has 0 spiro atoms.